The number of hydrogen-bond donors (Lipinski definition) is 1. The summed E-state index contributed by atoms with van der Waals surface area (Å²) in [7, 11) is 1.60. The molecule has 0 spiro atoms. The van der Waals surface area contributed by atoms with E-state index in [-0.39, 0.29) is 0 Å². The molecule has 0 fully saturated rings. The van der Waals surface area contributed by atoms with Crippen molar-refractivity contribution in [1.29, 1.82) is 5.26 Å². The predicted molar refractivity (Wildman–Crippen MR) is 82.8 cm³/mol. The zero-order valence-electron chi connectivity index (χ0n) is 10.1. The van der Waals surface area contributed by atoms with Gasteiger partial charge in [-0.05, 0) is 56.1 Å². The Morgan fingerprint density at radius 1 is 1.16 bits per heavy atom. The molecule has 0 unspecified atom stereocenters. The number of nitrogens with one attached hydrogen (secondary N) is 1. The van der Waals surface area contributed by atoms with Crippen LogP contribution >= 0.6 is 31.9 Å². The van der Waals surface area contributed by atoms with Gasteiger partial charge >= 0.3 is 0 Å². The Labute approximate surface area is 128 Å². The van der Waals surface area contributed by atoms with Gasteiger partial charge in [-0.15, -0.1) is 0 Å². The molecule has 2 rings (SSSR count). The summed E-state index contributed by atoms with van der Waals surface area (Å²) in [6.07, 6.45) is 0. The van der Waals surface area contributed by atoms with E-state index in [1.807, 2.05) is 18.2 Å². The van der Waals surface area contributed by atoms with Crippen molar-refractivity contribution in [3.05, 3.63) is 50.9 Å². The summed E-state index contributed by atoms with van der Waals surface area (Å²) in [6, 6.07) is 13.2. The quantitative estimate of drug-likeness (QED) is 0.827. The van der Waals surface area contributed by atoms with Crippen molar-refractivity contribution in [3.8, 4) is 11.8 Å². The highest BCUT2D eigenvalue weighted by atomic mass is 79.9. The van der Waals surface area contributed by atoms with E-state index in [9.17, 15) is 0 Å². The van der Waals surface area contributed by atoms with Gasteiger partial charge in [-0.1, -0.05) is 6.07 Å². The maximum absolute atomic E-state index is 9.14. The molecular formula is C14H10Br2N2O. The number of rotatable bonds is 3. The molecular weight excluding hydrogens is 372 g/mol. The van der Waals surface area contributed by atoms with Crippen molar-refractivity contribution in [2.75, 3.05) is 12.4 Å². The Morgan fingerprint density at radius 3 is 2.42 bits per heavy atom. The Morgan fingerprint density at radius 2 is 1.84 bits per heavy atom. The number of ether oxygens (including phenoxy) is 1. The summed E-state index contributed by atoms with van der Waals surface area (Å²) in [4.78, 5) is 0. The Bertz CT molecular complexity index is 630. The molecule has 0 heterocycles. The van der Waals surface area contributed by atoms with E-state index in [1.165, 1.54) is 0 Å². The van der Waals surface area contributed by atoms with Crippen molar-refractivity contribution in [1.82, 2.24) is 0 Å². The first-order valence-corrected chi connectivity index (χ1v) is 7.03. The maximum Gasteiger partial charge on any atom is 0.121 e. The van der Waals surface area contributed by atoms with E-state index in [4.69, 9.17) is 10.00 Å². The number of hydrogen-bond acceptors (Lipinski definition) is 3. The van der Waals surface area contributed by atoms with Gasteiger partial charge in [0, 0.05) is 15.0 Å². The molecule has 0 radical (unpaired) electrons. The summed E-state index contributed by atoms with van der Waals surface area (Å²) in [6.45, 7) is 0. The minimum absolute atomic E-state index is 0.559. The van der Waals surface area contributed by atoms with Gasteiger partial charge in [-0.3, -0.25) is 0 Å². The molecule has 96 valence electrons. The Hall–Kier alpha value is -1.51. The third-order valence-electron chi connectivity index (χ3n) is 2.57. The molecule has 0 saturated heterocycles. The summed E-state index contributed by atoms with van der Waals surface area (Å²) in [5.41, 5.74) is 2.13. The highest BCUT2D eigenvalue weighted by Gasteiger charge is 2.09. The third kappa shape index (κ3) is 3.09. The van der Waals surface area contributed by atoms with Gasteiger partial charge in [-0.2, -0.15) is 5.26 Å². The van der Waals surface area contributed by atoms with E-state index in [0.29, 0.717) is 17.0 Å². The molecule has 0 saturated carbocycles. The summed E-state index contributed by atoms with van der Waals surface area (Å²) in [5.74, 6) is 0.699. The number of benzene rings is 2. The predicted octanol–water partition coefficient (Wildman–Crippen LogP) is 4.84. The number of halogens is 2. The van der Waals surface area contributed by atoms with Crippen molar-refractivity contribution >= 4 is 43.2 Å². The fourth-order valence-corrected chi connectivity index (χ4v) is 2.80. The summed E-state index contributed by atoms with van der Waals surface area (Å²) < 4.78 is 7.00. The average molecular weight is 382 g/mol. The van der Waals surface area contributed by atoms with Gasteiger partial charge in [0.1, 0.15) is 11.8 Å². The standard InChI is InChI=1S/C14H10Br2N2O/c1-19-10-6-5-9(8-17)13(7-10)18-14-11(15)3-2-4-12(14)16/h2-7,18H,1H3. The van der Waals surface area contributed by atoms with E-state index in [1.54, 1.807) is 25.3 Å². The molecule has 2 aromatic rings. The molecule has 19 heavy (non-hydrogen) atoms. The Kier molecular flexibility index (Phi) is 4.46. The van der Waals surface area contributed by atoms with Gasteiger partial charge in [0.2, 0.25) is 0 Å². The molecule has 0 amide bonds. The van der Waals surface area contributed by atoms with Gasteiger partial charge in [0.15, 0.2) is 0 Å². The zero-order valence-corrected chi connectivity index (χ0v) is 13.2. The van der Waals surface area contributed by atoms with E-state index in [0.717, 1.165) is 14.6 Å². The van der Waals surface area contributed by atoms with Crippen LogP contribution in [0, 0.1) is 11.3 Å². The molecule has 0 bridgehead atoms. The molecule has 0 aliphatic heterocycles. The molecule has 0 aromatic heterocycles. The van der Waals surface area contributed by atoms with Gasteiger partial charge in [0.05, 0.1) is 24.0 Å². The van der Waals surface area contributed by atoms with Crippen molar-refractivity contribution in [2.24, 2.45) is 0 Å². The number of anilines is 2. The minimum Gasteiger partial charge on any atom is -0.497 e. The summed E-state index contributed by atoms with van der Waals surface area (Å²) in [5, 5.41) is 12.4. The van der Waals surface area contributed by atoms with E-state index >= 15 is 0 Å². The van der Waals surface area contributed by atoms with Crippen molar-refractivity contribution < 1.29 is 4.74 Å². The van der Waals surface area contributed by atoms with Crippen LogP contribution in [0.25, 0.3) is 0 Å². The SMILES string of the molecule is COc1ccc(C#N)c(Nc2c(Br)cccc2Br)c1. The van der Waals surface area contributed by atoms with Crippen LogP contribution in [0.15, 0.2) is 45.3 Å². The lowest BCUT2D eigenvalue weighted by Gasteiger charge is -2.13. The lowest BCUT2D eigenvalue weighted by molar-refractivity contribution is 0.415. The first-order valence-electron chi connectivity index (χ1n) is 5.45. The lowest BCUT2D eigenvalue weighted by atomic mass is 10.1. The number of nitriles is 1. The lowest BCUT2D eigenvalue weighted by Crippen LogP contribution is -1.96. The second-order valence-corrected chi connectivity index (χ2v) is 5.45. The first-order chi connectivity index (χ1) is 9.15. The van der Waals surface area contributed by atoms with Crippen molar-refractivity contribution in [2.45, 2.75) is 0 Å². The fourth-order valence-electron chi connectivity index (χ4n) is 1.60. The zero-order chi connectivity index (χ0) is 13.8. The van der Waals surface area contributed by atoms with Crippen LogP contribution in [0.2, 0.25) is 0 Å². The monoisotopic (exact) mass is 380 g/mol. The first kappa shape index (κ1) is 13.9. The van der Waals surface area contributed by atoms with Crippen LogP contribution in [0.1, 0.15) is 5.56 Å². The van der Waals surface area contributed by atoms with Crippen LogP contribution in [0.3, 0.4) is 0 Å². The normalized spacial score (nSPS) is 9.79. The van der Waals surface area contributed by atoms with Gasteiger partial charge in [-0.25, -0.2) is 0 Å². The molecule has 1 N–H and O–H groups in total. The largest absolute Gasteiger partial charge is 0.497 e. The maximum atomic E-state index is 9.14. The summed E-state index contributed by atoms with van der Waals surface area (Å²) >= 11 is 6.96. The van der Waals surface area contributed by atoms with Gasteiger partial charge in [0.25, 0.3) is 0 Å². The molecule has 2 aromatic carbocycles. The van der Waals surface area contributed by atoms with Crippen LogP contribution in [0.5, 0.6) is 5.75 Å². The molecule has 0 aliphatic rings. The molecule has 0 aliphatic carbocycles. The topological polar surface area (TPSA) is 45.0 Å². The average Bonchev–Trinajstić information content (AvgIpc) is 2.42. The van der Waals surface area contributed by atoms with Gasteiger partial charge < -0.3 is 10.1 Å². The Balaban J connectivity index is 2.46. The smallest absolute Gasteiger partial charge is 0.121 e. The highest BCUT2D eigenvalue weighted by molar-refractivity contribution is 9.11. The fraction of sp³-hybridized carbons (Fsp3) is 0.0714. The minimum atomic E-state index is 0.559. The van der Waals surface area contributed by atoms with Crippen LogP contribution < -0.4 is 10.1 Å². The molecule has 0 atom stereocenters. The second kappa shape index (κ2) is 6.09. The third-order valence-corrected chi connectivity index (χ3v) is 3.89. The van der Waals surface area contributed by atoms with Crippen LogP contribution in [-0.4, -0.2) is 7.11 Å². The number of nitrogens with zero attached hydrogens (tertiary/aromatic N) is 1. The van der Waals surface area contributed by atoms with E-state index < -0.39 is 0 Å². The van der Waals surface area contributed by atoms with Crippen molar-refractivity contribution in [3.63, 3.8) is 0 Å². The highest BCUT2D eigenvalue weighted by Crippen LogP contribution is 2.35. The molecule has 3 nitrogen and oxygen atoms in total. The van der Waals surface area contributed by atoms with Crippen LogP contribution in [0.4, 0.5) is 11.4 Å². The number of para-hydroxylation sites is 1. The van der Waals surface area contributed by atoms with E-state index in [2.05, 4.69) is 43.2 Å². The molecule has 5 heteroatoms. The van der Waals surface area contributed by atoms with Crippen LogP contribution in [-0.2, 0) is 0 Å². The number of methoxy groups -OCH3 is 1. The second-order valence-electron chi connectivity index (χ2n) is 3.74.